The molecule has 72 valence electrons. The topological polar surface area (TPSA) is 58.4 Å². The molecule has 0 saturated heterocycles. The van der Waals surface area contributed by atoms with Crippen LogP contribution in [0, 0.1) is 5.92 Å². The molecule has 0 aromatic rings. The second-order valence-corrected chi connectivity index (χ2v) is 3.00. The summed E-state index contributed by atoms with van der Waals surface area (Å²) < 4.78 is 0. The lowest BCUT2D eigenvalue weighted by molar-refractivity contribution is -0.133. The first-order chi connectivity index (χ1) is 5.63. The zero-order chi connectivity index (χ0) is 9.56. The van der Waals surface area contributed by atoms with Gasteiger partial charge in [-0.1, -0.05) is 6.92 Å². The Morgan fingerprint density at radius 1 is 1.67 bits per heavy atom. The van der Waals surface area contributed by atoms with Crippen LogP contribution in [0.2, 0.25) is 0 Å². The summed E-state index contributed by atoms with van der Waals surface area (Å²) in [5, 5.41) is 2.99. The average molecular weight is 173 g/mol. The number of rotatable bonds is 5. The highest BCUT2D eigenvalue weighted by atomic mass is 16.2. The van der Waals surface area contributed by atoms with Gasteiger partial charge in [-0.15, -0.1) is 0 Å². The second-order valence-electron chi connectivity index (χ2n) is 3.00. The number of hydrogen-bond acceptors (Lipinski definition) is 3. The van der Waals surface area contributed by atoms with Gasteiger partial charge in [-0.05, 0) is 7.05 Å². The molecule has 0 saturated carbocycles. The van der Waals surface area contributed by atoms with E-state index >= 15 is 0 Å². The number of nitrogens with two attached hydrogens (primary N) is 1. The fourth-order valence-corrected chi connectivity index (χ4v) is 0.867. The standard InChI is InChI=1S/C8H19N3O/c1-7(6-9)8(12)11(3)5-4-10-2/h7,10H,4-6,9H2,1-3H3. The number of nitrogens with zero attached hydrogens (tertiary/aromatic N) is 1. The normalized spacial score (nSPS) is 12.7. The minimum absolute atomic E-state index is 0.0631. The van der Waals surface area contributed by atoms with Crippen LogP contribution < -0.4 is 11.1 Å². The predicted molar refractivity (Wildman–Crippen MR) is 49.8 cm³/mol. The zero-order valence-electron chi connectivity index (χ0n) is 8.13. The fourth-order valence-electron chi connectivity index (χ4n) is 0.867. The maximum atomic E-state index is 11.4. The van der Waals surface area contributed by atoms with E-state index in [9.17, 15) is 4.79 Å². The van der Waals surface area contributed by atoms with Crippen LogP contribution in [0.15, 0.2) is 0 Å². The molecule has 0 bridgehead atoms. The van der Waals surface area contributed by atoms with E-state index in [1.54, 1.807) is 11.9 Å². The van der Waals surface area contributed by atoms with Crippen molar-refractivity contribution in [2.45, 2.75) is 6.92 Å². The molecular weight excluding hydrogens is 154 g/mol. The van der Waals surface area contributed by atoms with E-state index in [-0.39, 0.29) is 11.8 Å². The van der Waals surface area contributed by atoms with Gasteiger partial charge in [0.25, 0.3) is 0 Å². The Morgan fingerprint density at radius 2 is 2.25 bits per heavy atom. The first kappa shape index (κ1) is 11.4. The molecule has 1 amide bonds. The van der Waals surface area contributed by atoms with Gasteiger partial charge >= 0.3 is 0 Å². The Bertz CT molecular complexity index is 138. The second kappa shape index (κ2) is 5.97. The molecule has 0 spiro atoms. The minimum Gasteiger partial charge on any atom is -0.344 e. The summed E-state index contributed by atoms with van der Waals surface area (Å²) in [7, 11) is 3.66. The molecule has 4 heteroatoms. The molecule has 0 aliphatic rings. The van der Waals surface area contributed by atoms with Crippen molar-refractivity contribution in [1.29, 1.82) is 0 Å². The van der Waals surface area contributed by atoms with Crippen LogP contribution in [0.5, 0.6) is 0 Å². The largest absolute Gasteiger partial charge is 0.344 e. The third-order valence-electron chi connectivity index (χ3n) is 1.85. The summed E-state index contributed by atoms with van der Waals surface area (Å²) in [6, 6.07) is 0. The number of carbonyl (C=O) groups is 1. The molecule has 0 rings (SSSR count). The fraction of sp³-hybridized carbons (Fsp3) is 0.875. The third-order valence-corrected chi connectivity index (χ3v) is 1.85. The smallest absolute Gasteiger partial charge is 0.226 e. The lowest BCUT2D eigenvalue weighted by Gasteiger charge is -2.20. The van der Waals surface area contributed by atoms with Gasteiger partial charge in [-0.3, -0.25) is 4.79 Å². The van der Waals surface area contributed by atoms with Crippen LogP contribution in [0.4, 0.5) is 0 Å². The Morgan fingerprint density at radius 3 is 2.67 bits per heavy atom. The molecule has 0 aromatic carbocycles. The van der Waals surface area contributed by atoms with Gasteiger partial charge in [0.15, 0.2) is 0 Å². The van der Waals surface area contributed by atoms with E-state index in [1.165, 1.54) is 0 Å². The van der Waals surface area contributed by atoms with Crippen LogP contribution in [0.3, 0.4) is 0 Å². The summed E-state index contributed by atoms with van der Waals surface area (Å²) in [5.41, 5.74) is 5.38. The molecule has 0 radical (unpaired) electrons. The van der Waals surface area contributed by atoms with Crippen molar-refractivity contribution in [2.24, 2.45) is 11.7 Å². The van der Waals surface area contributed by atoms with Crippen molar-refractivity contribution < 1.29 is 4.79 Å². The molecule has 0 heterocycles. The summed E-state index contributed by atoms with van der Waals surface area (Å²) >= 11 is 0. The molecule has 12 heavy (non-hydrogen) atoms. The highest BCUT2D eigenvalue weighted by Gasteiger charge is 2.14. The van der Waals surface area contributed by atoms with Crippen LogP contribution in [-0.2, 0) is 4.79 Å². The third kappa shape index (κ3) is 3.69. The summed E-state index contributed by atoms with van der Waals surface area (Å²) in [6.45, 7) is 3.82. The van der Waals surface area contributed by atoms with Gasteiger partial charge in [0.1, 0.15) is 0 Å². The Hall–Kier alpha value is -0.610. The summed E-state index contributed by atoms with van der Waals surface area (Å²) in [6.07, 6.45) is 0. The maximum Gasteiger partial charge on any atom is 0.226 e. The van der Waals surface area contributed by atoms with Crippen molar-refractivity contribution in [1.82, 2.24) is 10.2 Å². The Kier molecular flexibility index (Phi) is 5.66. The van der Waals surface area contributed by atoms with Gasteiger partial charge in [0, 0.05) is 32.6 Å². The lowest BCUT2D eigenvalue weighted by atomic mass is 10.1. The van der Waals surface area contributed by atoms with E-state index < -0.39 is 0 Å². The molecule has 0 aliphatic carbocycles. The van der Waals surface area contributed by atoms with Gasteiger partial charge in [0.2, 0.25) is 5.91 Å². The van der Waals surface area contributed by atoms with Crippen LogP contribution in [0.1, 0.15) is 6.92 Å². The molecule has 1 atom stereocenters. The van der Waals surface area contributed by atoms with Gasteiger partial charge in [-0.2, -0.15) is 0 Å². The number of hydrogen-bond donors (Lipinski definition) is 2. The van der Waals surface area contributed by atoms with Crippen LogP contribution in [0.25, 0.3) is 0 Å². The van der Waals surface area contributed by atoms with E-state index in [0.29, 0.717) is 6.54 Å². The van der Waals surface area contributed by atoms with Crippen molar-refractivity contribution in [3.8, 4) is 0 Å². The molecule has 0 aromatic heterocycles. The molecule has 0 aliphatic heterocycles. The predicted octanol–water partition coefficient (Wildman–Crippen LogP) is -0.741. The number of likely N-dealkylation sites (N-methyl/N-ethyl adjacent to an activating group) is 2. The van der Waals surface area contributed by atoms with Gasteiger partial charge in [-0.25, -0.2) is 0 Å². The minimum atomic E-state index is -0.0631. The Balaban J connectivity index is 3.75. The van der Waals surface area contributed by atoms with E-state index in [1.807, 2.05) is 14.0 Å². The first-order valence-corrected chi connectivity index (χ1v) is 4.23. The molecule has 3 N–H and O–H groups in total. The maximum absolute atomic E-state index is 11.4. The van der Waals surface area contributed by atoms with E-state index in [0.717, 1.165) is 13.1 Å². The van der Waals surface area contributed by atoms with Crippen molar-refractivity contribution in [3.05, 3.63) is 0 Å². The zero-order valence-corrected chi connectivity index (χ0v) is 8.13. The number of amides is 1. The lowest BCUT2D eigenvalue weighted by Crippen LogP contribution is -2.38. The number of carbonyl (C=O) groups excluding carboxylic acids is 1. The van der Waals surface area contributed by atoms with Crippen molar-refractivity contribution >= 4 is 5.91 Å². The summed E-state index contributed by atoms with van der Waals surface area (Å²) in [5.74, 6) is 0.0552. The average Bonchev–Trinajstić information content (AvgIpc) is 2.11. The summed E-state index contributed by atoms with van der Waals surface area (Å²) in [4.78, 5) is 13.1. The first-order valence-electron chi connectivity index (χ1n) is 4.23. The van der Waals surface area contributed by atoms with Gasteiger partial charge < -0.3 is 16.0 Å². The molecule has 0 fully saturated rings. The Labute approximate surface area is 74.1 Å². The van der Waals surface area contributed by atoms with E-state index in [2.05, 4.69) is 5.32 Å². The molecule has 4 nitrogen and oxygen atoms in total. The number of nitrogens with one attached hydrogen (secondary N) is 1. The molecular formula is C8H19N3O. The quantitative estimate of drug-likeness (QED) is 0.575. The van der Waals surface area contributed by atoms with Crippen molar-refractivity contribution in [3.63, 3.8) is 0 Å². The van der Waals surface area contributed by atoms with Crippen LogP contribution >= 0.6 is 0 Å². The van der Waals surface area contributed by atoms with E-state index in [4.69, 9.17) is 5.73 Å². The highest BCUT2D eigenvalue weighted by molar-refractivity contribution is 5.78. The molecule has 1 unspecified atom stereocenters. The van der Waals surface area contributed by atoms with Gasteiger partial charge in [0.05, 0.1) is 0 Å². The highest BCUT2D eigenvalue weighted by Crippen LogP contribution is 1.97. The van der Waals surface area contributed by atoms with Crippen LogP contribution in [-0.4, -0.2) is 44.5 Å². The van der Waals surface area contributed by atoms with Crippen molar-refractivity contribution in [2.75, 3.05) is 33.7 Å². The monoisotopic (exact) mass is 173 g/mol. The SMILES string of the molecule is CNCCN(C)C(=O)C(C)CN.